The Hall–Kier alpha value is -0.830. The van der Waals surface area contributed by atoms with Crippen LogP contribution in [0.1, 0.15) is 20.3 Å². The number of halogens is 2. The van der Waals surface area contributed by atoms with Crippen LogP contribution in [0.2, 0.25) is 5.02 Å². The van der Waals surface area contributed by atoms with Crippen molar-refractivity contribution in [3.63, 3.8) is 0 Å². The molecule has 6 nitrogen and oxygen atoms in total. The lowest BCUT2D eigenvalue weighted by molar-refractivity contribution is 0.313. The van der Waals surface area contributed by atoms with E-state index in [0.717, 1.165) is 0 Å². The van der Waals surface area contributed by atoms with Gasteiger partial charge in [0.2, 0.25) is 10.0 Å². The Kier molecular flexibility index (Phi) is 6.45. The second kappa shape index (κ2) is 7.44. The Bertz CT molecular complexity index is 635. The van der Waals surface area contributed by atoms with Crippen LogP contribution >= 0.6 is 27.5 Å². The molecule has 0 spiro atoms. The summed E-state index contributed by atoms with van der Waals surface area (Å²) >= 11 is 9.09. The van der Waals surface area contributed by atoms with Gasteiger partial charge in [-0.2, -0.15) is 4.31 Å². The van der Waals surface area contributed by atoms with Gasteiger partial charge in [-0.1, -0.05) is 16.8 Å². The lowest BCUT2D eigenvalue weighted by Crippen LogP contribution is -2.39. The summed E-state index contributed by atoms with van der Waals surface area (Å²) in [4.78, 5) is 0.131. The molecular formula is C12H17BrClN3O3S. The molecule has 0 saturated heterocycles. The Morgan fingerprint density at radius 1 is 1.52 bits per heavy atom. The third kappa shape index (κ3) is 4.57. The van der Waals surface area contributed by atoms with Gasteiger partial charge < -0.3 is 10.9 Å². The van der Waals surface area contributed by atoms with E-state index in [4.69, 9.17) is 22.5 Å². The minimum atomic E-state index is -3.69. The van der Waals surface area contributed by atoms with Crippen LogP contribution in [0.3, 0.4) is 0 Å². The van der Waals surface area contributed by atoms with E-state index in [1.54, 1.807) is 13.8 Å². The smallest absolute Gasteiger partial charge is 0.243 e. The van der Waals surface area contributed by atoms with Crippen molar-refractivity contribution >= 4 is 43.4 Å². The normalized spacial score (nSPS) is 13.1. The van der Waals surface area contributed by atoms with Gasteiger partial charge in [-0.3, -0.25) is 0 Å². The molecule has 0 unspecified atom stereocenters. The summed E-state index contributed by atoms with van der Waals surface area (Å²) in [6, 6.07) is 4.15. The average Bonchev–Trinajstić information content (AvgIpc) is 2.40. The van der Waals surface area contributed by atoms with E-state index >= 15 is 0 Å². The van der Waals surface area contributed by atoms with Crippen LogP contribution in [0.4, 0.5) is 0 Å². The van der Waals surface area contributed by atoms with Crippen molar-refractivity contribution in [3.05, 3.63) is 27.7 Å². The van der Waals surface area contributed by atoms with Gasteiger partial charge in [-0.15, -0.1) is 0 Å². The molecule has 1 rings (SSSR count). The van der Waals surface area contributed by atoms with Gasteiger partial charge in [0, 0.05) is 23.5 Å². The Morgan fingerprint density at radius 2 is 2.14 bits per heavy atom. The molecule has 1 aromatic carbocycles. The number of benzene rings is 1. The Balaban J connectivity index is 3.12. The first-order valence-corrected chi connectivity index (χ1v) is 8.74. The molecule has 0 heterocycles. The Labute approximate surface area is 137 Å². The van der Waals surface area contributed by atoms with Gasteiger partial charge in [0.25, 0.3) is 0 Å². The molecule has 0 amide bonds. The number of amidine groups is 1. The summed E-state index contributed by atoms with van der Waals surface area (Å²) in [5.41, 5.74) is 5.40. The van der Waals surface area contributed by atoms with Crippen molar-refractivity contribution in [2.24, 2.45) is 10.9 Å². The molecule has 3 N–H and O–H groups in total. The third-order valence-electron chi connectivity index (χ3n) is 2.79. The molecule has 0 saturated carbocycles. The number of rotatable bonds is 6. The number of nitrogens with two attached hydrogens (primary N) is 1. The van der Waals surface area contributed by atoms with Gasteiger partial charge in [-0.05, 0) is 48.0 Å². The zero-order valence-electron chi connectivity index (χ0n) is 11.6. The van der Waals surface area contributed by atoms with Crippen molar-refractivity contribution in [1.82, 2.24) is 4.31 Å². The quantitative estimate of drug-likeness (QED) is 0.333. The molecular weight excluding hydrogens is 382 g/mol. The second-order valence-electron chi connectivity index (χ2n) is 4.63. The Morgan fingerprint density at radius 3 is 2.62 bits per heavy atom. The molecule has 0 aliphatic heterocycles. The lowest BCUT2D eigenvalue weighted by atomic mass is 10.3. The second-order valence-corrected chi connectivity index (χ2v) is 7.78. The highest BCUT2D eigenvalue weighted by molar-refractivity contribution is 9.10. The minimum Gasteiger partial charge on any atom is -0.409 e. The molecule has 118 valence electrons. The standard InChI is InChI=1S/C12H17BrClN3O3S/c1-8(2)17(6-5-12(15)16-18)21(19,20)9-3-4-11(14)10(13)7-9/h3-4,7-8,18H,5-6H2,1-2H3,(H2,15,16). The van der Waals surface area contributed by atoms with Crippen molar-refractivity contribution < 1.29 is 13.6 Å². The number of oxime groups is 1. The molecule has 9 heteroatoms. The molecule has 0 aliphatic carbocycles. The maximum absolute atomic E-state index is 12.7. The lowest BCUT2D eigenvalue weighted by Gasteiger charge is -2.25. The van der Waals surface area contributed by atoms with E-state index in [1.165, 1.54) is 22.5 Å². The molecule has 0 bridgehead atoms. The van der Waals surface area contributed by atoms with Gasteiger partial charge in [0.15, 0.2) is 0 Å². The van der Waals surface area contributed by atoms with Crippen molar-refractivity contribution in [3.8, 4) is 0 Å². The first-order valence-electron chi connectivity index (χ1n) is 6.13. The van der Waals surface area contributed by atoms with Gasteiger partial charge >= 0.3 is 0 Å². The number of hydrogen-bond acceptors (Lipinski definition) is 4. The van der Waals surface area contributed by atoms with Crippen LogP contribution in [-0.2, 0) is 10.0 Å². The zero-order valence-corrected chi connectivity index (χ0v) is 14.8. The van der Waals surface area contributed by atoms with Crippen LogP contribution in [0.15, 0.2) is 32.7 Å². The third-order valence-corrected chi connectivity index (χ3v) is 6.08. The van der Waals surface area contributed by atoms with Crippen LogP contribution in [0.25, 0.3) is 0 Å². The monoisotopic (exact) mass is 397 g/mol. The summed E-state index contributed by atoms with van der Waals surface area (Å²) < 4.78 is 27.1. The fourth-order valence-corrected chi connectivity index (χ4v) is 4.02. The fraction of sp³-hybridized carbons (Fsp3) is 0.417. The summed E-state index contributed by atoms with van der Waals surface area (Å²) in [7, 11) is -3.69. The molecule has 0 atom stereocenters. The van der Waals surface area contributed by atoms with Crippen molar-refractivity contribution in [1.29, 1.82) is 0 Å². The zero-order chi connectivity index (χ0) is 16.2. The van der Waals surface area contributed by atoms with Crippen molar-refractivity contribution in [2.75, 3.05) is 6.54 Å². The maximum atomic E-state index is 12.7. The summed E-state index contributed by atoms with van der Waals surface area (Å²) in [6.07, 6.45) is 0.142. The molecule has 0 aromatic heterocycles. The minimum absolute atomic E-state index is 0.0202. The first kappa shape index (κ1) is 18.2. The van der Waals surface area contributed by atoms with Crippen LogP contribution in [0, 0.1) is 0 Å². The van der Waals surface area contributed by atoms with Crippen molar-refractivity contribution in [2.45, 2.75) is 31.2 Å². The van der Waals surface area contributed by atoms with Crippen LogP contribution in [0.5, 0.6) is 0 Å². The van der Waals surface area contributed by atoms with E-state index in [9.17, 15) is 8.42 Å². The van der Waals surface area contributed by atoms with Gasteiger partial charge in [0.05, 0.1) is 9.92 Å². The highest BCUT2D eigenvalue weighted by atomic mass is 79.9. The highest BCUT2D eigenvalue weighted by Gasteiger charge is 2.27. The topological polar surface area (TPSA) is 96.0 Å². The maximum Gasteiger partial charge on any atom is 0.243 e. The summed E-state index contributed by atoms with van der Waals surface area (Å²) in [5, 5.41) is 11.8. The molecule has 0 fully saturated rings. The predicted octanol–water partition coefficient (Wildman–Crippen LogP) is 2.64. The number of hydrogen-bond donors (Lipinski definition) is 2. The molecule has 0 aliphatic rings. The molecule has 1 aromatic rings. The fourth-order valence-electron chi connectivity index (χ4n) is 1.70. The van der Waals surface area contributed by atoms with E-state index in [1.807, 2.05) is 0 Å². The van der Waals surface area contributed by atoms with E-state index in [-0.39, 0.29) is 29.7 Å². The van der Waals surface area contributed by atoms with E-state index < -0.39 is 10.0 Å². The highest BCUT2D eigenvalue weighted by Crippen LogP contribution is 2.27. The molecule has 21 heavy (non-hydrogen) atoms. The largest absolute Gasteiger partial charge is 0.409 e. The van der Waals surface area contributed by atoms with E-state index in [2.05, 4.69) is 21.1 Å². The first-order chi connectivity index (χ1) is 9.70. The van der Waals surface area contributed by atoms with Crippen LogP contribution in [-0.4, -0.2) is 36.4 Å². The van der Waals surface area contributed by atoms with Gasteiger partial charge in [-0.25, -0.2) is 8.42 Å². The molecule has 0 radical (unpaired) electrons. The number of sulfonamides is 1. The van der Waals surface area contributed by atoms with Crippen LogP contribution < -0.4 is 5.73 Å². The summed E-state index contributed by atoms with van der Waals surface area (Å²) in [5.74, 6) is -0.0202. The summed E-state index contributed by atoms with van der Waals surface area (Å²) in [6.45, 7) is 3.64. The SMILES string of the molecule is CC(C)N(CC/C(N)=N/O)S(=O)(=O)c1ccc(Cl)c(Br)c1. The van der Waals surface area contributed by atoms with E-state index in [0.29, 0.717) is 9.50 Å². The average molecular weight is 399 g/mol. The predicted molar refractivity (Wildman–Crippen MR) is 86.2 cm³/mol. The number of nitrogens with zero attached hydrogens (tertiary/aromatic N) is 2. The van der Waals surface area contributed by atoms with Gasteiger partial charge in [0.1, 0.15) is 5.84 Å².